The van der Waals surface area contributed by atoms with Crippen molar-refractivity contribution in [3.63, 3.8) is 0 Å². The molecule has 10 aromatic rings. The Morgan fingerprint density at radius 2 is 0.696 bits per heavy atom. The van der Waals surface area contributed by atoms with Crippen LogP contribution in [0.25, 0.3) is 101 Å². The van der Waals surface area contributed by atoms with Crippen molar-refractivity contribution in [2.24, 2.45) is 0 Å². The number of hydrogen-bond acceptors (Lipinski definition) is 5. The zero-order chi connectivity index (χ0) is 37.3. The SMILES string of the molecule is c1ccc(-c2nc(-c3ccccc3)nc(-c3cccc(-c4cccc(-c5cc(-c6ccc7ccccc7c6)nc(-c6cccc7ccccc67)n5)c4)c3)n2)cc1. The molecule has 5 nitrogen and oxygen atoms in total. The van der Waals surface area contributed by atoms with E-state index < -0.39 is 0 Å². The van der Waals surface area contributed by atoms with E-state index in [-0.39, 0.29) is 0 Å². The molecule has 0 aliphatic carbocycles. The van der Waals surface area contributed by atoms with Gasteiger partial charge in [-0.15, -0.1) is 0 Å². The van der Waals surface area contributed by atoms with Crippen molar-refractivity contribution >= 4 is 21.5 Å². The standard InChI is InChI=1S/C51H33N5/c1-3-16-36(17-4-1)48-54-49(37-18-5-2-6-19-37)56-50(55-48)43-25-12-23-40(32-43)39-22-11-24-41(31-39)46-33-47(42-29-28-34-14-7-8-20-38(34)30-42)53-51(52-46)45-27-13-21-35-15-9-10-26-44(35)45/h1-33H. The summed E-state index contributed by atoms with van der Waals surface area (Å²) in [7, 11) is 0. The maximum Gasteiger partial charge on any atom is 0.164 e. The van der Waals surface area contributed by atoms with Crippen LogP contribution in [0.2, 0.25) is 0 Å². The lowest BCUT2D eigenvalue weighted by molar-refractivity contribution is 1.07. The van der Waals surface area contributed by atoms with Crippen LogP contribution in [-0.4, -0.2) is 24.9 Å². The van der Waals surface area contributed by atoms with E-state index in [0.717, 1.165) is 66.7 Å². The number of fused-ring (bicyclic) bond motifs is 2. The summed E-state index contributed by atoms with van der Waals surface area (Å²) in [6.45, 7) is 0. The lowest BCUT2D eigenvalue weighted by Gasteiger charge is -2.13. The minimum atomic E-state index is 0.617. The summed E-state index contributed by atoms with van der Waals surface area (Å²) in [4.78, 5) is 25.3. The molecule has 262 valence electrons. The summed E-state index contributed by atoms with van der Waals surface area (Å²) in [6, 6.07) is 68.9. The van der Waals surface area contributed by atoms with E-state index in [2.05, 4.69) is 140 Å². The van der Waals surface area contributed by atoms with Crippen LogP contribution in [0.5, 0.6) is 0 Å². The molecular weight excluding hydrogens is 683 g/mol. The fraction of sp³-hybridized carbons (Fsp3) is 0. The maximum atomic E-state index is 5.25. The van der Waals surface area contributed by atoms with Gasteiger partial charge in [-0.05, 0) is 56.9 Å². The van der Waals surface area contributed by atoms with Crippen LogP contribution in [0.1, 0.15) is 0 Å². The highest BCUT2D eigenvalue weighted by Crippen LogP contribution is 2.35. The molecule has 5 heteroatoms. The Hall–Kier alpha value is -7.63. The Balaban J connectivity index is 1.08. The lowest BCUT2D eigenvalue weighted by atomic mass is 9.98. The first-order valence-electron chi connectivity index (χ1n) is 18.7. The topological polar surface area (TPSA) is 64.5 Å². The van der Waals surface area contributed by atoms with Crippen molar-refractivity contribution in [2.45, 2.75) is 0 Å². The monoisotopic (exact) mass is 715 g/mol. The Morgan fingerprint density at radius 1 is 0.232 bits per heavy atom. The van der Waals surface area contributed by atoms with Gasteiger partial charge in [0, 0.05) is 33.4 Å². The van der Waals surface area contributed by atoms with E-state index in [9.17, 15) is 0 Å². The number of nitrogens with zero attached hydrogens (tertiary/aromatic N) is 5. The molecule has 8 aromatic carbocycles. The molecule has 10 rings (SSSR count). The average molecular weight is 716 g/mol. The Morgan fingerprint density at radius 3 is 1.38 bits per heavy atom. The van der Waals surface area contributed by atoms with Gasteiger partial charge >= 0.3 is 0 Å². The zero-order valence-electron chi connectivity index (χ0n) is 30.3. The highest BCUT2D eigenvalue weighted by molar-refractivity contribution is 5.96. The van der Waals surface area contributed by atoms with E-state index in [4.69, 9.17) is 24.9 Å². The second kappa shape index (κ2) is 14.3. The molecule has 0 saturated carbocycles. The van der Waals surface area contributed by atoms with Gasteiger partial charge in [-0.3, -0.25) is 0 Å². The molecule has 0 saturated heterocycles. The van der Waals surface area contributed by atoms with Gasteiger partial charge in [-0.2, -0.15) is 0 Å². The normalized spacial score (nSPS) is 11.2. The zero-order valence-corrected chi connectivity index (χ0v) is 30.3. The van der Waals surface area contributed by atoms with Crippen LogP contribution in [0.15, 0.2) is 200 Å². The number of benzene rings is 8. The van der Waals surface area contributed by atoms with Crippen LogP contribution >= 0.6 is 0 Å². The fourth-order valence-electron chi connectivity index (χ4n) is 7.27. The molecule has 0 atom stereocenters. The first-order valence-corrected chi connectivity index (χ1v) is 18.7. The highest BCUT2D eigenvalue weighted by atomic mass is 15.0. The van der Waals surface area contributed by atoms with Gasteiger partial charge < -0.3 is 0 Å². The van der Waals surface area contributed by atoms with Crippen molar-refractivity contribution in [1.29, 1.82) is 0 Å². The lowest BCUT2D eigenvalue weighted by Crippen LogP contribution is -2.00. The summed E-state index contributed by atoms with van der Waals surface area (Å²) < 4.78 is 0. The fourth-order valence-corrected chi connectivity index (χ4v) is 7.27. The van der Waals surface area contributed by atoms with Gasteiger partial charge in [0.2, 0.25) is 0 Å². The molecule has 0 radical (unpaired) electrons. The highest BCUT2D eigenvalue weighted by Gasteiger charge is 2.16. The third-order valence-corrected chi connectivity index (χ3v) is 10.1. The Kier molecular flexibility index (Phi) is 8.43. The predicted octanol–water partition coefficient (Wildman–Crippen LogP) is 12.6. The molecule has 2 aromatic heterocycles. The van der Waals surface area contributed by atoms with Gasteiger partial charge in [0.15, 0.2) is 23.3 Å². The van der Waals surface area contributed by atoms with Crippen molar-refractivity contribution in [1.82, 2.24) is 24.9 Å². The van der Waals surface area contributed by atoms with Crippen LogP contribution < -0.4 is 0 Å². The van der Waals surface area contributed by atoms with Crippen LogP contribution in [-0.2, 0) is 0 Å². The van der Waals surface area contributed by atoms with E-state index in [1.54, 1.807) is 0 Å². The summed E-state index contributed by atoms with van der Waals surface area (Å²) in [5, 5.41) is 4.63. The van der Waals surface area contributed by atoms with Crippen LogP contribution in [0.3, 0.4) is 0 Å². The van der Waals surface area contributed by atoms with E-state index in [1.807, 2.05) is 60.7 Å². The van der Waals surface area contributed by atoms with Crippen molar-refractivity contribution in [3.8, 4) is 79.2 Å². The summed E-state index contributed by atoms with van der Waals surface area (Å²) in [5.74, 6) is 2.57. The maximum absolute atomic E-state index is 5.25. The summed E-state index contributed by atoms with van der Waals surface area (Å²) >= 11 is 0. The molecule has 0 spiro atoms. The molecule has 0 aliphatic heterocycles. The number of aromatic nitrogens is 5. The van der Waals surface area contributed by atoms with Gasteiger partial charge in [-0.1, -0.05) is 176 Å². The Labute approximate surface area is 324 Å². The van der Waals surface area contributed by atoms with Crippen molar-refractivity contribution in [2.75, 3.05) is 0 Å². The number of rotatable bonds is 7. The molecule has 0 aliphatic rings. The molecule has 2 heterocycles. The second-order valence-electron chi connectivity index (χ2n) is 13.8. The van der Waals surface area contributed by atoms with Gasteiger partial charge in [0.25, 0.3) is 0 Å². The quantitative estimate of drug-likeness (QED) is 0.164. The largest absolute Gasteiger partial charge is 0.228 e. The van der Waals surface area contributed by atoms with Gasteiger partial charge in [0.1, 0.15) is 0 Å². The first-order chi connectivity index (χ1) is 27.7. The third-order valence-electron chi connectivity index (χ3n) is 10.1. The van der Waals surface area contributed by atoms with Gasteiger partial charge in [-0.25, -0.2) is 24.9 Å². The minimum Gasteiger partial charge on any atom is -0.228 e. The van der Waals surface area contributed by atoms with Gasteiger partial charge in [0.05, 0.1) is 11.4 Å². The second-order valence-corrected chi connectivity index (χ2v) is 13.8. The van der Waals surface area contributed by atoms with E-state index in [0.29, 0.717) is 23.3 Å². The van der Waals surface area contributed by atoms with E-state index in [1.165, 1.54) is 10.8 Å². The molecular formula is C51H33N5. The van der Waals surface area contributed by atoms with Crippen LogP contribution in [0.4, 0.5) is 0 Å². The summed E-state index contributed by atoms with van der Waals surface area (Å²) in [5.41, 5.74) is 9.64. The molecule has 0 N–H and O–H groups in total. The molecule has 0 fully saturated rings. The molecule has 0 bridgehead atoms. The third kappa shape index (κ3) is 6.48. The van der Waals surface area contributed by atoms with Crippen LogP contribution in [0, 0.1) is 0 Å². The molecule has 56 heavy (non-hydrogen) atoms. The van der Waals surface area contributed by atoms with Crippen molar-refractivity contribution < 1.29 is 0 Å². The first kappa shape index (κ1) is 33.0. The average Bonchev–Trinajstić information content (AvgIpc) is 3.29. The predicted molar refractivity (Wildman–Crippen MR) is 228 cm³/mol. The molecule has 0 amide bonds. The van der Waals surface area contributed by atoms with E-state index >= 15 is 0 Å². The van der Waals surface area contributed by atoms with Crippen molar-refractivity contribution in [3.05, 3.63) is 200 Å². The minimum absolute atomic E-state index is 0.617. The summed E-state index contributed by atoms with van der Waals surface area (Å²) in [6.07, 6.45) is 0. The smallest absolute Gasteiger partial charge is 0.164 e. The Bertz CT molecular complexity index is 2970. The molecule has 0 unspecified atom stereocenters. The number of hydrogen-bond donors (Lipinski definition) is 0.